The first-order valence-electron chi connectivity index (χ1n) is 4.56. The molecule has 1 rings (SSSR count). The average Bonchev–Trinajstić information content (AvgIpc) is 2.14. The van der Waals surface area contributed by atoms with E-state index in [4.69, 9.17) is 0 Å². The number of hydrogen-bond acceptors (Lipinski definition) is 2. The molecule has 0 aliphatic heterocycles. The summed E-state index contributed by atoms with van der Waals surface area (Å²) in [5.41, 5.74) is 2.23. The maximum absolute atomic E-state index is 4.33. The molecule has 2 nitrogen and oxygen atoms in total. The molecule has 1 N–H and O–H groups in total. The first kappa shape index (κ1) is 9.78. The molecule has 13 heavy (non-hydrogen) atoms. The molecule has 70 valence electrons. The van der Waals surface area contributed by atoms with Crippen molar-refractivity contribution in [3.05, 3.63) is 36.0 Å². The van der Waals surface area contributed by atoms with Crippen LogP contribution < -0.4 is 5.32 Å². The summed E-state index contributed by atoms with van der Waals surface area (Å²) in [4.78, 5) is 4.33. The second-order valence-electron chi connectivity index (χ2n) is 3.12. The van der Waals surface area contributed by atoms with Gasteiger partial charge < -0.3 is 5.32 Å². The zero-order valence-electron chi connectivity index (χ0n) is 8.30. The molecule has 0 aromatic carbocycles. The Kier molecular flexibility index (Phi) is 3.50. The van der Waals surface area contributed by atoms with Gasteiger partial charge in [-0.25, -0.2) is 4.98 Å². The highest BCUT2D eigenvalue weighted by Crippen LogP contribution is 2.05. The smallest absolute Gasteiger partial charge is 0.126 e. The van der Waals surface area contributed by atoms with Crippen molar-refractivity contribution in [3.8, 4) is 0 Å². The fourth-order valence-corrected chi connectivity index (χ4v) is 0.982. The van der Waals surface area contributed by atoms with Gasteiger partial charge in [0, 0.05) is 12.2 Å². The summed E-state index contributed by atoms with van der Waals surface area (Å²) in [5, 5.41) is 3.23. The van der Waals surface area contributed by atoms with Crippen molar-refractivity contribution in [2.75, 3.05) is 11.9 Å². The highest BCUT2D eigenvalue weighted by Gasteiger charge is 1.94. The van der Waals surface area contributed by atoms with Crippen LogP contribution in [0.1, 0.15) is 19.0 Å². The summed E-state index contributed by atoms with van der Waals surface area (Å²) in [6.45, 7) is 8.82. The van der Waals surface area contributed by atoms with Gasteiger partial charge in [0.05, 0.1) is 0 Å². The van der Waals surface area contributed by atoms with Gasteiger partial charge in [-0.3, -0.25) is 0 Å². The molecule has 0 saturated carbocycles. The van der Waals surface area contributed by atoms with Crippen LogP contribution in [-0.4, -0.2) is 11.5 Å². The Morgan fingerprint density at radius 1 is 1.54 bits per heavy atom. The normalized spacial score (nSPS) is 9.69. The monoisotopic (exact) mass is 176 g/mol. The molecule has 0 bridgehead atoms. The quantitative estimate of drug-likeness (QED) is 0.713. The van der Waals surface area contributed by atoms with E-state index in [-0.39, 0.29) is 0 Å². The van der Waals surface area contributed by atoms with Gasteiger partial charge in [0.2, 0.25) is 0 Å². The zero-order chi connectivity index (χ0) is 9.68. The van der Waals surface area contributed by atoms with E-state index in [1.807, 2.05) is 25.1 Å². The minimum absolute atomic E-state index is 0.812. The molecule has 0 radical (unpaired) electrons. The third-order valence-electron chi connectivity index (χ3n) is 1.91. The van der Waals surface area contributed by atoms with E-state index in [1.54, 1.807) is 0 Å². The second kappa shape index (κ2) is 4.65. The standard InChI is InChI=1S/C11H16N2/c1-4-9(2)8-12-11-7-5-6-10(3)13-11/h5-7H,2,4,8H2,1,3H3,(H,12,13). The SMILES string of the molecule is C=C(CC)CNc1cccc(C)n1. The summed E-state index contributed by atoms with van der Waals surface area (Å²) in [7, 11) is 0. The molecule has 1 aromatic heterocycles. The third kappa shape index (κ3) is 3.28. The minimum atomic E-state index is 0.812. The van der Waals surface area contributed by atoms with E-state index in [0.717, 1.165) is 24.5 Å². The maximum atomic E-state index is 4.33. The molecule has 0 atom stereocenters. The second-order valence-corrected chi connectivity index (χ2v) is 3.12. The number of nitrogens with zero attached hydrogens (tertiary/aromatic N) is 1. The highest BCUT2D eigenvalue weighted by atomic mass is 15.0. The fourth-order valence-electron chi connectivity index (χ4n) is 0.982. The van der Waals surface area contributed by atoms with Crippen LogP contribution in [0.15, 0.2) is 30.4 Å². The Hall–Kier alpha value is -1.31. The van der Waals surface area contributed by atoms with Crippen molar-refractivity contribution in [2.45, 2.75) is 20.3 Å². The predicted octanol–water partition coefficient (Wildman–Crippen LogP) is 2.77. The Labute approximate surface area is 79.7 Å². The summed E-state index contributed by atoms with van der Waals surface area (Å²) in [5.74, 6) is 0.926. The summed E-state index contributed by atoms with van der Waals surface area (Å²) in [6, 6.07) is 5.95. The number of nitrogens with one attached hydrogen (secondary N) is 1. The average molecular weight is 176 g/mol. The molecule has 0 aliphatic carbocycles. The van der Waals surface area contributed by atoms with Gasteiger partial charge >= 0.3 is 0 Å². The Bertz CT molecular complexity index is 292. The van der Waals surface area contributed by atoms with Crippen LogP contribution in [0.25, 0.3) is 0 Å². The van der Waals surface area contributed by atoms with E-state index in [9.17, 15) is 0 Å². The topological polar surface area (TPSA) is 24.9 Å². The van der Waals surface area contributed by atoms with E-state index in [1.165, 1.54) is 5.57 Å². The molecule has 0 unspecified atom stereocenters. The number of pyridine rings is 1. The lowest BCUT2D eigenvalue weighted by Gasteiger charge is -2.06. The van der Waals surface area contributed by atoms with Gasteiger partial charge in [-0.05, 0) is 25.5 Å². The van der Waals surface area contributed by atoms with Gasteiger partial charge in [0.15, 0.2) is 0 Å². The van der Waals surface area contributed by atoms with Gasteiger partial charge in [-0.2, -0.15) is 0 Å². The maximum Gasteiger partial charge on any atom is 0.126 e. The van der Waals surface area contributed by atoms with Crippen molar-refractivity contribution >= 4 is 5.82 Å². The summed E-state index contributed by atoms with van der Waals surface area (Å²) in [6.07, 6.45) is 1.01. The Morgan fingerprint density at radius 2 is 2.31 bits per heavy atom. The predicted molar refractivity (Wildman–Crippen MR) is 56.9 cm³/mol. The molecular weight excluding hydrogens is 160 g/mol. The van der Waals surface area contributed by atoms with Crippen LogP contribution in [0, 0.1) is 6.92 Å². The molecule has 0 amide bonds. The first-order chi connectivity index (χ1) is 6.22. The number of hydrogen-bond donors (Lipinski definition) is 1. The van der Waals surface area contributed by atoms with E-state index >= 15 is 0 Å². The van der Waals surface area contributed by atoms with Crippen molar-refractivity contribution < 1.29 is 0 Å². The summed E-state index contributed by atoms with van der Waals surface area (Å²) < 4.78 is 0. The highest BCUT2D eigenvalue weighted by molar-refractivity contribution is 5.36. The van der Waals surface area contributed by atoms with Crippen molar-refractivity contribution in [1.29, 1.82) is 0 Å². The molecule has 0 spiro atoms. The van der Waals surface area contributed by atoms with Gasteiger partial charge in [0.1, 0.15) is 5.82 Å². The van der Waals surface area contributed by atoms with Crippen LogP contribution in [0.2, 0.25) is 0 Å². The molecule has 0 saturated heterocycles. The zero-order valence-corrected chi connectivity index (χ0v) is 8.30. The van der Waals surface area contributed by atoms with Gasteiger partial charge in [-0.1, -0.05) is 25.1 Å². The third-order valence-corrected chi connectivity index (χ3v) is 1.91. The van der Waals surface area contributed by atoms with Crippen LogP contribution in [0.3, 0.4) is 0 Å². The molecular formula is C11H16N2. The van der Waals surface area contributed by atoms with Crippen molar-refractivity contribution in [3.63, 3.8) is 0 Å². The Morgan fingerprint density at radius 3 is 2.92 bits per heavy atom. The van der Waals surface area contributed by atoms with Crippen LogP contribution in [0.5, 0.6) is 0 Å². The van der Waals surface area contributed by atoms with Crippen LogP contribution in [-0.2, 0) is 0 Å². The lowest BCUT2D eigenvalue weighted by Crippen LogP contribution is -2.05. The molecule has 0 aliphatic rings. The molecule has 1 aromatic rings. The van der Waals surface area contributed by atoms with Crippen molar-refractivity contribution in [2.24, 2.45) is 0 Å². The lowest BCUT2D eigenvalue weighted by atomic mass is 10.2. The number of anilines is 1. The molecule has 1 heterocycles. The van der Waals surface area contributed by atoms with Crippen LogP contribution >= 0.6 is 0 Å². The fraction of sp³-hybridized carbons (Fsp3) is 0.364. The number of rotatable bonds is 4. The molecule has 2 heteroatoms. The molecule has 0 fully saturated rings. The van der Waals surface area contributed by atoms with Gasteiger partial charge in [0.25, 0.3) is 0 Å². The van der Waals surface area contributed by atoms with Crippen LogP contribution in [0.4, 0.5) is 5.82 Å². The lowest BCUT2D eigenvalue weighted by molar-refractivity contribution is 1.03. The van der Waals surface area contributed by atoms with E-state index in [2.05, 4.69) is 23.8 Å². The first-order valence-corrected chi connectivity index (χ1v) is 4.56. The van der Waals surface area contributed by atoms with E-state index < -0.39 is 0 Å². The largest absolute Gasteiger partial charge is 0.366 e. The Balaban J connectivity index is 2.50. The summed E-state index contributed by atoms with van der Waals surface area (Å²) >= 11 is 0. The minimum Gasteiger partial charge on any atom is -0.366 e. The van der Waals surface area contributed by atoms with Gasteiger partial charge in [-0.15, -0.1) is 0 Å². The number of aryl methyl sites for hydroxylation is 1. The number of aromatic nitrogens is 1. The van der Waals surface area contributed by atoms with E-state index in [0.29, 0.717) is 0 Å². The van der Waals surface area contributed by atoms with Crippen molar-refractivity contribution in [1.82, 2.24) is 4.98 Å².